The molecule has 1 fully saturated rings. The number of benzene rings is 3. The molecule has 0 aliphatic carbocycles. The van der Waals surface area contributed by atoms with Gasteiger partial charge >= 0.3 is 5.97 Å². The van der Waals surface area contributed by atoms with E-state index in [4.69, 9.17) is 21.1 Å². The number of amides is 2. The van der Waals surface area contributed by atoms with Gasteiger partial charge in [0.25, 0.3) is 0 Å². The number of esters is 1. The van der Waals surface area contributed by atoms with Crippen molar-refractivity contribution in [1.29, 1.82) is 0 Å². The van der Waals surface area contributed by atoms with Crippen LogP contribution in [-0.4, -0.2) is 67.6 Å². The number of tetrazole rings is 1. The van der Waals surface area contributed by atoms with Gasteiger partial charge in [0.1, 0.15) is 18.1 Å². The van der Waals surface area contributed by atoms with Gasteiger partial charge in [-0.1, -0.05) is 23.7 Å². The van der Waals surface area contributed by atoms with Crippen molar-refractivity contribution in [2.75, 3.05) is 19.0 Å². The van der Waals surface area contributed by atoms with Crippen LogP contribution in [-0.2, 0) is 14.4 Å². The maximum Gasteiger partial charge on any atom is 0.309 e. The van der Waals surface area contributed by atoms with E-state index in [0.717, 1.165) is 16.5 Å². The Morgan fingerprint density at radius 1 is 1.07 bits per heavy atom. The van der Waals surface area contributed by atoms with Crippen LogP contribution >= 0.6 is 11.6 Å². The molecule has 0 bridgehead atoms. The van der Waals surface area contributed by atoms with E-state index in [0.29, 0.717) is 46.6 Å². The smallest absolute Gasteiger partial charge is 0.309 e. The van der Waals surface area contributed by atoms with Crippen LogP contribution in [0.2, 0.25) is 5.02 Å². The number of aromatic amines is 1. The van der Waals surface area contributed by atoms with Gasteiger partial charge in [-0.15, -0.1) is 5.10 Å². The van der Waals surface area contributed by atoms with Crippen molar-refractivity contribution >= 4 is 52.1 Å². The standard InChI is InChI=1S/C32H28ClN7O5/c1-19(41)45-29-17-22-16-24(7-10-27(22)36-29)35-32(43)31-26(20-3-8-25(44-2)9-4-20)13-14-39(31)30(42)12-5-21-15-23(33)6-11-28(21)40-18-34-37-38-40/h3-12,15-18,26,31,36H,13-14H2,1-2H3,(H,35,43)/b12-5+. The van der Waals surface area contributed by atoms with Crippen LogP contribution in [0.25, 0.3) is 22.7 Å². The second-order valence-corrected chi connectivity index (χ2v) is 10.9. The number of nitrogens with zero attached hydrogens (tertiary/aromatic N) is 5. The number of ether oxygens (including phenoxy) is 2. The first-order valence-corrected chi connectivity index (χ1v) is 14.4. The number of likely N-dealkylation sites (tertiary alicyclic amines) is 1. The summed E-state index contributed by atoms with van der Waals surface area (Å²) in [6.07, 6.45) is 5.10. The first-order chi connectivity index (χ1) is 21.8. The SMILES string of the molecule is COc1ccc(C2CCN(C(=O)/C=C/c3cc(Cl)ccc3-n3cnnn3)C2C(=O)Nc2ccc3[nH]c(OC(C)=O)cc3c2)cc1. The normalized spacial score (nSPS) is 16.3. The van der Waals surface area contributed by atoms with Gasteiger partial charge in [0.15, 0.2) is 0 Å². The first kappa shape index (κ1) is 29.6. The van der Waals surface area contributed by atoms with Crippen molar-refractivity contribution < 1.29 is 23.9 Å². The average Bonchev–Trinajstić information content (AvgIpc) is 3.79. The van der Waals surface area contributed by atoms with Gasteiger partial charge in [0.05, 0.1) is 12.8 Å². The predicted molar refractivity (Wildman–Crippen MR) is 167 cm³/mol. The Bertz CT molecular complexity index is 1900. The number of nitrogens with one attached hydrogen (secondary N) is 2. The fourth-order valence-electron chi connectivity index (χ4n) is 5.57. The van der Waals surface area contributed by atoms with E-state index in [1.54, 1.807) is 60.6 Å². The molecule has 3 aromatic carbocycles. The summed E-state index contributed by atoms with van der Waals surface area (Å²) < 4.78 is 11.9. The minimum absolute atomic E-state index is 0.261. The van der Waals surface area contributed by atoms with Crippen molar-refractivity contribution in [1.82, 2.24) is 30.1 Å². The minimum Gasteiger partial charge on any atom is -0.497 e. The molecule has 2 amide bonds. The zero-order valence-electron chi connectivity index (χ0n) is 24.3. The van der Waals surface area contributed by atoms with Gasteiger partial charge in [0, 0.05) is 58.7 Å². The lowest BCUT2D eigenvalue weighted by Crippen LogP contribution is -2.44. The van der Waals surface area contributed by atoms with Gasteiger partial charge in [0.2, 0.25) is 17.7 Å². The van der Waals surface area contributed by atoms with Crippen molar-refractivity contribution in [2.45, 2.75) is 25.3 Å². The fourth-order valence-corrected chi connectivity index (χ4v) is 5.75. The molecule has 0 saturated carbocycles. The molecule has 1 aliphatic heterocycles. The number of fused-ring (bicyclic) bond motifs is 1. The number of hydrogen-bond acceptors (Lipinski definition) is 8. The number of rotatable bonds is 8. The van der Waals surface area contributed by atoms with E-state index in [2.05, 4.69) is 25.8 Å². The summed E-state index contributed by atoms with van der Waals surface area (Å²) in [6.45, 7) is 1.69. The third kappa shape index (κ3) is 6.41. The van der Waals surface area contributed by atoms with Crippen molar-refractivity contribution in [3.63, 3.8) is 0 Å². The van der Waals surface area contributed by atoms with Gasteiger partial charge in [-0.05, 0) is 77.0 Å². The van der Waals surface area contributed by atoms with Crippen LogP contribution < -0.4 is 14.8 Å². The number of carbonyl (C=O) groups excluding carboxylic acids is 3. The molecule has 12 nitrogen and oxygen atoms in total. The van der Waals surface area contributed by atoms with E-state index in [9.17, 15) is 14.4 Å². The minimum atomic E-state index is -0.799. The monoisotopic (exact) mass is 625 g/mol. The lowest BCUT2D eigenvalue weighted by molar-refractivity contribution is -0.133. The molecule has 1 aliphatic rings. The van der Waals surface area contributed by atoms with E-state index in [1.165, 1.54) is 24.0 Å². The predicted octanol–water partition coefficient (Wildman–Crippen LogP) is 4.77. The Kier molecular flexibility index (Phi) is 8.30. The molecule has 2 atom stereocenters. The average molecular weight is 626 g/mol. The summed E-state index contributed by atoms with van der Waals surface area (Å²) in [5, 5.41) is 15.5. The lowest BCUT2D eigenvalue weighted by atomic mass is 9.91. The topological polar surface area (TPSA) is 144 Å². The molecular formula is C32H28ClN7O5. The summed E-state index contributed by atoms with van der Waals surface area (Å²) in [5.74, 6) is -0.364. The van der Waals surface area contributed by atoms with Crippen molar-refractivity contribution in [3.8, 4) is 17.3 Å². The van der Waals surface area contributed by atoms with Crippen molar-refractivity contribution in [3.05, 3.63) is 95.3 Å². The molecule has 5 aromatic rings. The Morgan fingerprint density at radius 2 is 1.89 bits per heavy atom. The largest absolute Gasteiger partial charge is 0.497 e. The zero-order valence-corrected chi connectivity index (χ0v) is 25.1. The van der Waals surface area contributed by atoms with Gasteiger partial charge in [-0.2, -0.15) is 4.68 Å². The van der Waals surface area contributed by atoms with Crippen LogP contribution in [0.15, 0.2) is 79.1 Å². The van der Waals surface area contributed by atoms with Crippen molar-refractivity contribution in [2.24, 2.45) is 0 Å². The molecular weight excluding hydrogens is 598 g/mol. The molecule has 2 aromatic heterocycles. The third-order valence-electron chi connectivity index (χ3n) is 7.60. The molecule has 3 heterocycles. The number of carbonyl (C=O) groups is 3. The summed E-state index contributed by atoms with van der Waals surface area (Å²) in [5.41, 5.74) is 3.46. The summed E-state index contributed by atoms with van der Waals surface area (Å²) >= 11 is 6.25. The fraction of sp³-hybridized carbons (Fsp3) is 0.188. The number of methoxy groups -OCH3 is 1. The summed E-state index contributed by atoms with van der Waals surface area (Å²) in [6, 6.07) is 18.9. The Hall–Kier alpha value is -5.49. The van der Waals surface area contributed by atoms with Crippen LogP contribution in [0.4, 0.5) is 5.69 Å². The molecule has 13 heteroatoms. The molecule has 0 radical (unpaired) electrons. The maximum absolute atomic E-state index is 14.0. The summed E-state index contributed by atoms with van der Waals surface area (Å²) in [7, 11) is 1.59. The van der Waals surface area contributed by atoms with Crippen LogP contribution in [0, 0.1) is 0 Å². The second kappa shape index (κ2) is 12.6. The number of anilines is 1. The molecule has 45 heavy (non-hydrogen) atoms. The Morgan fingerprint density at radius 3 is 2.62 bits per heavy atom. The highest BCUT2D eigenvalue weighted by Gasteiger charge is 2.42. The van der Waals surface area contributed by atoms with Crippen LogP contribution in [0.5, 0.6) is 11.6 Å². The highest BCUT2D eigenvalue weighted by atomic mass is 35.5. The molecule has 6 rings (SSSR count). The van der Waals surface area contributed by atoms with E-state index in [-0.39, 0.29) is 17.7 Å². The molecule has 2 N–H and O–H groups in total. The molecule has 228 valence electrons. The Balaban J connectivity index is 1.29. The van der Waals surface area contributed by atoms with E-state index in [1.807, 2.05) is 24.3 Å². The molecule has 2 unspecified atom stereocenters. The number of aromatic nitrogens is 5. The second-order valence-electron chi connectivity index (χ2n) is 10.5. The third-order valence-corrected chi connectivity index (χ3v) is 7.84. The quantitative estimate of drug-likeness (QED) is 0.185. The van der Waals surface area contributed by atoms with Crippen LogP contribution in [0.3, 0.4) is 0 Å². The number of H-pyrrole nitrogens is 1. The highest BCUT2D eigenvalue weighted by molar-refractivity contribution is 6.30. The first-order valence-electron chi connectivity index (χ1n) is 14.1. The van der Waals surface area contributed by atoms with E-state index < -0.39 is 12.0 Å². The number of hydrogen-bond donors (Lipinski definition) is 2. The molecule has 0 spiro atoms. The van der Waals surface area contributed by atoms with Gasteiger partial charge < -0.3 is 24.7 Å². The number of halogens is 1. The maximum atomic E-state index is 14.0. The van der Waals surface area contributed by atoms with Gasteiger partial charge in [-0.3, -0.25) is 14.4 Å². The molecule has 1 saturated heterocycles. The van der Waals surface area contributed by atoms with E-state index >= 15 is 0 Å². The van der Waals surface area contributed by atoms with Crippen LogP contribution in [0.1, 0.15) is 30.4 Å². The zero-order chi connectivity index (χ0) is 31.5. The van der Waals surface area contributed by atoms with Gasteiger partial charge in [-0.25, -0.2) is 0 Å². The summed E-state index contributed by atoms with van der Waals surface area (Å²) in [4.78, 5) is 43.7. The lowest BCUT2D eigenvalue weighted by Gasteiger charge is -2.27. The Labute approximate surface area is 262 Å². The highest BCUT2D eigenvalue weighted by Crippen LogP contribution is 2.36.